The third-order valence-corrected chi connectivity index (χ3v) is 5.18. The van der Waals surface area contributed by atoms with Gasteiger partial charge in [0.05, 0.1) is 18.2 Å². The number of likely N-dealkylation sites (tertiary alicyclic amines) is 1. The van der Waals surface area contributed by atoms with Crippen LogP contribution in [-0.4, -0.2) is 63.9 Å². The van der Waals surface area contributed by atoms with Gasteiger partial charge in [0.1, 0.15) is 11.4 Å². The summed E-state index contributed by atoms with van der Waals surface area (Å²) >= 11 is 0. The predicted molar refractivity (Wildman–Crippen MR) is 87.9 cm³/mol. The summed E-state index contributed by atoms with van der Waals surface area (Å²) in [5.74, 6) is 0.289. The number of nitrogens with zero attached hydrogens (tertiary/aromatic N) is 2. The fraction of sp³-hybridized carbons (Fsp3) is 0.706. The van der Waals surface area contributed by atoms with E-state index in [2.05, 4.69) is 10.5 Å². The van der Waals surface area contributed by atoms with Gasteiger partial charge < -0.3 is 24.6 Å². The molecule has 25 heavy (non-hydrogen) atoms. The number of hydrogen-bond acceptors (Lipinski definition) is 6. The monoisotopic (exact) mass is 351 g/mol. The van der Waals surface area contributed by atoms with Crippen LogP contribution in [0.1, 0.15) is 49.4 Å². The number of aromatic nitrogens is 1. The number of aryl methyl sites for hydroxylation is 1. The zero-order valence-corrected chi connectivity index (χ0v) is 14.9. The van der Waals surface area contributed by atoms with Crippen molar-refractivity contribution in [1.29, 1.82) is 0 Å². The van der Waals surface area contributed by atoms with Crippen molar-refractivity contribution in [2.45, 2.75) is 57.3 Å². The molecule has 2 atom stereocenters. The van der Waals surface area contributed by atoms with Crippen LogP contribution in [0, 0.1) is 6.92 Å². The highest BCUT2D eigenvalue weighted by Crippen LogP contribution is 2.38. The van der Waals surface area contributed by atoms with Gasteiger partial charge >= 0.3 is 0 Å². The van der Waals surface area contributed by atoms with Crippen LogP contribution in [0.4, 0.5) is 0 Å². The maximum Gasteiger partial charge on any atom is 0.276 e. The van der Waals surface area contributed by atoms with Gasteiger partial charge in [-0.25, -0.2) is 0 Å². The van der Waals surface area contributed by atoms with Gasteiger partial charge in [0.15, 0.2) is 5.69 Å². The van der Waals surface area contributed by atoms with Gasteiger partial charge in [-0.15, -0.1) is 0 Å². The highest BCUT2D eigenvalue weighted by atomic mass is 16.5. The minimum atomic E-state index is -1.10. The van der Waals surface area contributed by atoms with Crippen molar-refractivity contribution < 1.29 is 24.0 Å². The lowest BCUT2D eigenvalue weighted by Gasteiger charge is -2.50. The van der Waals surface area contributed by atoms with Crippen LogP contribution in [0.3, 0.4) is 0 Å². The molecule has 0 saturated carbocycles. The molecule has 8 heteroatoms. The Morgan fingerprint density at radius 3 is 2.64 bits per heavy atom. The predicted octanol–water partition coefficient (Wildman–Crippen LogP) is 0.634. The lowest BCUT2D eigenvalue weighted by atomic mass is 9.77. The maximum absolute atomic E-state index is 12.5. The smallest absolute Gasteiger partial charge is 0.276 e. The summed E-state index contributed by atoms with van der Waals surface area (Å²) in [7, 11) is 0. The molecular formula is C17H25N3O5. The number of ether oxygens (including phenoxy) is 1. The SMILES string of the molecule is CC(=O)N[C@H]1CC2(CCN(C(=O)c3cc(C)on3)CC2)OC[C@]1(C)O. The van der Waals surface area contributed by atoms with E-state index in [1.807, 2.05) is 0 Å². The second-order valence-corrected chi connectivity index (χ2v) is 7.40. The van der Waals surface area contributed by atoms with E-state index in [-0.39, 0.29) is 24.5 Å². The highest BCUT2D eigenvalue weighted by Gasteiger charge is 2.49. The first-order valence-corrected chi connectivity index (χ1v) is 8.57. The first-order valence-electron chi connectivity index (χ1n) is 8.57. The molecule has 2 fully saturated rings. The third kappa shape index (κ3) is 3.69. The molecule has 2 N–H and O–H groups in total. The van der Waals surface area contributed by atoms with E-state index < -0.39 is 11.2 Å². The van der Waals surface area contributed by atoms with Crippen molar-refractivity contribution in [3.63, 3.8) is 0 Å². The minimum absolute atomic E-state index is 0.145. The van der Waals surface area contributed by atoms with Crippen molar-refractivity contribution in [2.24, 2.45) is 0 Å². The Balaban J connectivity index is 1.64. The Kier molecular flexibility index (Phi) is 4.59. The number of aliphatic hydroxyl groups is 1. The molecule has 2 amide bonds. The van der Waals surface area contributed by atoms with E-state index in [0.29, 0.717) is 43.8 Å². The second kappa shape index (κ2) is 6.42. The van der Waals surface area contributed by atoms with Gasteiger partial charge in [-0.3, -0.25) is 9.59 Å². The number of carbonyl (C=O) groups excluding carboxylic acids is 2. The Labute approximate surface area is 146 Å². The molecule has 2 saturated heterocycles. The van der Waals surface area contributed by atoms with Crippen molar-refractivity contribution in [3.05, 3.63) is 17.5 Å². The number of amides is 2. The fourth-order valence-electron chi connectivity index (χ4n) is 3.60. The third-order valence-electron chi connectivity index (χ3n) is 5.18. The Hall–Kier alpha value is -1.93. The molecular weight excluding hydrogens is 326 g/mol. The van der Waals surface area contributed by atoms with Crippen molar-refractivity contribution in [2.75, 3.05) is 19.7 Å². The molecule has 8 nitrogen and oxygen atoms in total. The molecule has 0 aromatic carbocycles. The summed E-state index contributed by atoms with van der Waals surface area (Å²) in [4.78, 5) is 25.6. The molecule has 138 valence electrons. The molecule has 1 spiro atoms. The average molecular weight is 351 g/mol. The molecule has 0 bridgehead atoms. The minimum Gasteiger partial charge on any atom is -0.386 e. The average Bonchev–Trinajstić information content (AvgIpc) is 2.98. The van der Waals surface area contributed by atoms with E-state index in [1.54, 1.807) is 24.8 Å². The number of carbonyl (C=O) groups is 2. The summed E-state index contributed by atoms with van der Waals surface area (Å²) in [6.45, 7) is 6.11. The van der Waals surface area contributed by atoms with Gasteiger partial charge in [0, 0.05) is 26.1 Å². The van der Waals surface area contributed by atoms with Crippen molar-refractivity contribution in [1.82, 2.24) is 15.4 Å². The lowest BCUT2D eigenvalue weighted by molar-refractivity contribution is -0.191. The van der Waals surface area contributed by atoms with E-state index in [1.165, 1.54) is 6.92 Å². The van der Waals surface area contributed by atoms with Crippen LogP contribution in [0.5, 0.6) is 0 Å². The lowest BCUT2D eigenvalue weighted by Crippen LogP contribution is -2.63. The first-order chi connectivity index (χ1) is 11.7. The molecule has 0 aliphatic carbocycles. The topological polar surface area (TPSA) is 105 Å². The van der Waals surface area contributed by atoms with E-state index in [9.17, 15) is 14.7 Å². The van der Waals surface area contributed by atoms with Gasteiger partial charge in [-0.2, -0.15) is 0 Å². The second-order valence-electron chi connectivity index (χ2n) is 7.40. The normalized spacial score (nSPS) is 28.8. The number of piperidine rings is 1. The molecule has 3 rings (SSSR count). The summed E-state index contributed by atoms with van der Waals surface area (Å²) < 4.78 is 11.0. The van der Waals surface area contributed by atoms with E-state index in [0.717, 1.165) is 0 Å². The van der Waals surface area contributed by atoms with Crippen molar-refractivity contribution in [3.8, 4) is 0 Å². The van der Waals surface area contributed by atoms with Crippen LogP contribution in [0.2, 0.25) is 0 Å². The Bertz CT molecular complexity index is 661. The summed E-state index contributed by atoms with van der Waals surface area (Å²) in [6, 6.07) is 1.27. The standard InChI is InChI=1S/C17H25N3O5/c1-11-8-13(19-25-11)15(22)20-6-4-17(5-7-20)9-14(18-12(2)21)16(3,23)10-24-17/h8,14,23H,4-7,9-10H2,1-3H3,(H,18,21)/t14-,16-/m0/s1. The van der Waals surface area contributed by atoms with Gasteiger partial charge in [-0.1, -0.05) is 5.16 Å². The van der Waals surface area contributed by atoms with Crippen LogP contribution >= 0.6 is 0 Å². The zero-order valence-electron chi connectivity index (χ0n) is 14.9. The van der Waals surface area contributed by atoms with Crippen LogP contribution < -0.4 is 5.32 Å². The zero-order chi connectivity index (χ0) is 18.2. The molecule has 1 aromatic heterocycles. The molecule has 0 radical (unpaired) electrons. The molecule has 1 aromatic rings. The molecule has 2 aliphatic rings. The van der Waals surface area contributed by atoms with Crippen LogP contribution in [0.15, 0.2) is 10.6 Å². The summed E-state index contributed by atoms with van der Waals surface area (Å²) in [5.41, 5.74) is -1.20. The van der Waals surface area contributed by atoms with Crippen LogP contribution in [-0.2, 0) is 9.53 Å². The largest absolute Gasteiger partial charge is 0.386 e. The molecule has 2 aliphatic heterocycles. The highest BCUT2D eigenvalue weighted by molar-refractivity contribution is 5.92. The van der Waals surface area contributed by atoms with Gasteiger partial charge in [-0.05, 0) is 33.1 Å². The number of rotatable bonds is 2. The maximum atomic E-state index is 12.5. The van der Waals surface area contributed by atoms with Gasteiger partial charge in [0.2, 0.25) is 5.91 Å². The summed E-state index contributed by atoms with van der Waals surface area (Å²) in [6.07, 6.45) is 1.84. The van der Waals surface area contributed by atoms with Gasteiger partial charge in [0.25, 0.3) is 5.91 Å². The molecule has 3 heterocycles. The number of hydrogen-bond donors (Lipinski definition) is 2. The quantitative estimate of drug-likeness (QED) is 0.810. The van der Waals surface area contributed by atoms with Crippen molar-refractivity contribution >= 4 is 11.8 Å². The van der Waals surface area contributed by atoms with E-state index in [4.69, 9.17) is 9.26 Å². The van der Waals surface area contributed by atoms with E-state index >= 15 is 0 Å². The first kappa shape index (κ1) is 17.9. The fourth-order valence-corrected chi connectivity index (χ4v) is 3.60. The van der Waals surface area contributed by atoms with Crippen LogP contribution in [0.25, 0.3) is 0 Å². The number of nitrogens with one attached hydrogen (secondary N) is 1. The summed E-state index contributed by atoms with van der Waals surface area (Å²) in [5, 5.41) is 17.1. The Morgan fingerprint density at radius 1 is 1.40 bits per heavy atom. The Morgan fingerprint density at radius 2 is 2.08 bits per heavy atom. The molecule has 0 unspecified atom stereocenters.